The van der Waals surface area contributed by atoms with E-state index in [0.29, 0.717) is 6.04 Å². The molecule has 178 valence electrons. The zero-order valence-corrected chi connectivity index (χ0v) is 19.8. The number of benzene rings is 2. The van der Waals surface area contributed by atoms with Crippen LogP contribution in [0.5, 0.6) is 0 Å². The van der Waals surface area contributed by atoms with Gasteiger partial charge in [0.25, 0.3) is 0 Å². The van der Waals surface area contributed by atoms with E-state index in [0.717, 1.165) is 51.0 Å². The maximum atomic E-state index is 10.0. The van der Waals surface area contributed by atoms with Crippen LogP contribution in [0.3, 0.4) is 0 Å². The Morgan fingerprint density at radius 2 is 1.85 bits per heavy atom. The van der Waals surface area contributed by atoms with Gasteiger partial charge in [-0.05, 0) is 81.7 Å². The minimum Gasteiger partial charge on any atom is -0.394 e. The normalized spacial score (nSPS) is 16.4. The molecule has 0 unspecified atom stereocenters. The van der Waals surface area contributed by atoms with Crippen molar-refractivity contribution in [1.29, 1.82) is 0 Å². The fourth-order valence-electron chi connectivity index (χ4n) is 5.31. The summed E-state index contributed by atoms with van der Waals surface area (Å²) in [6.07, 6.45) is 10.1. The second-order valence-electron chi connectivity index (χ2n) is 9.36. The highest BCUT2D eigenvalue weighted by Gasteiger charge is 2.27. The minimum absolute atomic E-state index is 0.0719. The minimum atomic E-state index is 0.0719. The molecular weight excluding hydrogens is 424 g/mol. The molecule has 1 atom stereocenters. The number of nitrogens with one attached hydrogen (secondary N) is 1. The number of fused-ring (bicyclic) bond motifs is 1. The number of hydrogen-bond donors (Lipinski definition) is 2. The van der Waals surface area contributed by atoms with Gasteiger partial charge in [0.15, 0.2) is 0 Å². The third-order valence-corrected chi connectivity index (χ3v) is 7.37. The molecule has 4 aromatic rings. The molecule has 0 bridgehead atoms. The lowest BCUT2D eigenvalue weighted by atomic mass is 9.98. The second kappa shape index (κ2) is 10.5. The van der Waals surface area contributed by atoms with Crippen LogP contribution in [-0.2, 0) is 6.42 Å². The molecule has 5 rings (SSSR count). The van der Waals surface area contributed by atoms with E-state index in [1.165, 1.54) is 22.0 Å². The number of aryl methyl sites for hydroxylation is 1. The van der Waals surface area contributed by atoms with E-state index in [9.17, 15) is 5.11 Å². The van der Waals surface area contributed by atoms with Crippen molar-refractivity contribution in [2.45, 2.75) is 37.8 Å². The van der Waals surface area contributed by atoms with Gasteiger partial charge in [0.05, 0.1) is 12.6 Å². The molecule has 34 heavy (non-hydrogen) atoms. The number of hydrogen-bond acceptors (Lipinski definition) is 5. The quantitative estimate of drug-likeness (QED) is 0.399. The van der Waals surface area contributed by atoms with Crippen molar-refractivity contribution in [2.24, 2.45) is 0 Å². The van der Waals surface area contributed by atoms with Gasteiger partial charge in [-0.2, -0.15) is 0 Å². The highest BCUT2D eigenvalue weighted by atomic mass is 16.3. The van der Waals surface area contributed by atoms with Crippen LogP contribution in [-0.4, -0.2) is 74.0 Å². The van der Waals surface area contributed by atoms with Gasteiger partial charge in [-0.1, -0.05) is 30.3 Å². The number of likely N-dealkylation sites (N-methyl/N-ethyl adjacent to an activating group) is 1. The van der Waals surface area contributed by atoms with Crippen molar-refractivity contribution in [3.05, 3.63) is 78.5 Å². The molecule has 1 fully saturated rings. The van der Waals surface area contributed by atoms with Crippen LogP contribution >= 0.6 is 0 Å². The number of likely N-dealkylation sites (tertiary alicyclic amines) is 1. The summed E-state index contributed by atoms with van der Waals surface area (Å²) < 4.78 is 1.94. The monoisotopic (exact) mass is 458 g/mol. The van der Waals surface area contributed by atoms with Crippen LogP contribution < -0.4 is 0 Å². The van der Waals surface area contributed by atoms with E-state index in [2.05, 4.69) is 80.7 Å². The first-order chi connectivity index (χ1) is 16.7. The average Bonchev–Trinajstić information content (AvgIpc) is 3.56. The van der Waals surface area contributed by atoms with E-state index in [4.69, 9.17) is 0 Å². The van der Waals surface area contributed by atoms with Gasteiger partial charge >= 0.3 is 0 Å². The van der Waals surface area contributed by atoms with Gasteiger partial charge < -0.3 is 15.0 Å². The molecule has 1 saturated heterocycles. The van der Waals surface area contributed by atoms with Gasteiger partial charge in [-0.3, -0.25) is 9.47 Å². The summed E-state index contributed by atoms with van der Waals surface area (Å²) >= 11 is 0. The third kappa shape index (κ3) is 4.92. The Balaban J connectivity index is 1.13. The number of H-pyrrole nitrogens is 1. The zero-order valence-electron chi connectivity index (χ0n) is 19.8. The van der Waals surface area contributed by atoms with Crippen LogP contribution in [0.15, 0.2) is 67.4 Å². The predicted octanol–water partition coefficient (Wildman–Crippen LogP) is 3.81. The largest absolute Gasteiger partial charge is 0.394 e. The summed E-state index contributed by atoms with van der Waals surface area (Å²) in [6.45, 7) is 3.52. The Morgan fingerprint density at radius 3 is 2.59 bits per heavy atom. The van der Waals surface area contributed by atoms with E-state index in [1.54, 1.807) is 12.7 Å². The van der Waals surface area contributed by atoms with E-state index >= 15 is 0 Å². The van der Waals surface area contributed by atoms with Crippen molar-refractivity contribution in [2.75, 3.05) is 33.3 Å². The number of rotatable bonds is 9. The van der Waals surface area contributed by atoms with Crippen LogP contribution in [0.25, 0.3) is 16.6 Å². The highest BCUT2D eigenvalue weighted by Crippen LogP contribution is 2.26. The maximum Gasteiger partial charge on any atom is 0.123 e. The SMILES string of the molecule is CN(C1CCN(CCCc2c[nH]c3ccc(-n4cnnc4)cc23)CC1)[C@@H](CO)c1ccccc1. The standard InChI is InChI=1S/C27H34N6O/c1-31(27(18-34)21-6-3-2-4-7-21)23-11-14-32(15-12-23)13-5-8-22-17-28-26-10-9-24(16-25(22)26)33-19-29-30-20-33/h2-4,6-7,9-10,16-17,19-20,23,27-28,34H,5,8,11-15,18H2,1H3/t27-/m0/s1. The zero-order chi connectivity index (χ0) is 23.3. The molecule has 2 aromatic carbocycles. The molecule has 0 radical (unpaired) electrons. The molecule has 1 aliphatic rings. The van der Waals surface area contributed by atoms with Crippen LogP contribution in [0.2, 0.25) is 0 Å². The fourth-order valence-corrected chi connectivity index (χ4v) is 5.31. The number of nitrogens with zero attached hydrogens (tertiary/aromatic N) is 5. The Morgan fingerprint density at radius 1 is 1.09 bits per heavy atom. The molecule has 1 aliphatic heterocycles. The lowest BCUT2D eigenvalue weighted by Gasteiger charge is -2.40. The van der Waals surface area contributed by atoms with Crippen molar-refractivity contribution in [3.63, 3.8) is 0 Å². The molecule has 0 saturated carbocycles. The lowest BCUT2D eigenvalue weighted by molar-refractivity contribution is 0.0663. The fraction of sp³-hybridized carbons (Fsp3) is 0.407. The van der Waals surface area contributed by atoms with Gasteiger partial charge in [-0.25, -0.2) is 0 Å². The van der Waals surface area contributed by atoms with Crippen LogP contribution in [0.4, 0.5) is 0 Å². The molecule has 0 aliphatic carbocycles. The smallest absolute Gasteiger partial charge is 0.123 e. The first kappa shape index (κ1) is 22.8. The van der Waals surface area contributed by atoms with E-state index in [-0.39, 0.29) is 12.6 Å². The van der Waals surface area contributed by atoms with Gasteiger partial charge in [0.2, 0.25) is 0 Å². The first-order valence-corrected chi connectivity index (χ1v) is 12.3. The topological polar surface area (TPSA) is 73.2 Å². The Kier molecular flexibility index (Phi) is 7.04. The molecule has 7 heteroatoms. The highest BCUT2D eigenvalue weighted by molar-refractivity contribution is 5.85. The van der Waals surface area contributed by atoms with Crippen LogP contribution in [0.1, 0.15) is 36.4 Å². The number of aliphatic hydroxyl groups excluding tert-OH is 1. The summed E-state index contributed by atoms with van der Waals surface area (Å²) in [5.41, 5.74) is 4.82. The van der Waals surface area contributed by atoms with Crippen molar-refractivity contribution >= 4 is 10.9 Å². The Hall–Kier alpha value is -3.00. The second-order valence-corrected chi connectivity index (χ2v) is 9.36. The molecule has 0 amide bonds. The Labute approximate surface area is 201 Å². The summed E-state index contributed by atoms with van der Waals surface area (Å²) in [5, 5.41) is 19.1. The lowest BCUT2D eigenvalue weighted by Crippen LogP contribution is -2.45. The summed E-state index contributed by atoms with van der Waals surface area (Å²) in [6, 6.07) is 17.4. The predicted molar refractivity (Wildman–Crippen MR) is 135 cm³/mol. The number of aliphatic hydroxyl groups is 1. The average molecular weight is 459 g/mol. The van der Waals surface area contributed by atoms with Crippen molar-refractivity contribution in [1.82, 2.24) is 29.5 Å². The third-order valence-electron chi connectivity index (χ3n) is 7.37. The van der Waals surface area contributed by atoms with Crippen molar-refractivity contribution < 1.29 is 5.11 Å². The molecule has 2 N–H and O–H groups in total. The summed E-state index contributed by atoms with van der Waals surface area (Å²) in [4.78, 5) is 8.39. The molecular formula is C27H34N6O. The maximum absolute atomic E-state index is 10.0. The van der Waals surface area contributed by atoms with Gasteiger partial charge in [0, 0.05) is 28.8 Å². The molecule has 7 nitrogen and oxygen atoms in total. The molecule has 2 aromatic heterocycles. The molecule has 0 spiro atoms. The summed E-state index contributed by atoms with van der Waals surface area (Å²) in [7, 11) is 2.17. The number of aromatic amines is 1. The van der Waals surface area contributed by atoms with Crippen molar-refractivity contribution in [3.8, 4) is 5.69 Å². The molecule has 3 heterocycles. The number of piperidine rings is 1. The van der Waals surface area contributed by atoms with Crippen LogP contribution in [0, 0.1) is 0 Å². The van der Waals surface area contributed by atoms with E-state index in [1.807, 2.05) is 10.6 Å². The number of aromatic nitrogens is 4. The first-order valence-electron chi connectivity index (χ1n) is 12.3. The summed E-state index contributed by atoms with van der Waals surface area (Å²) in [5.74, 6) is 0. The van der Waals surface area contributed by atoms with Gasteiger partial charge in [0.1, 0.15) is 12.7 Å². The Bertz CT molecular complexity index is 1160. The van der Waals surface area contributed by atoms with Gasteiger partial charge in [-0.15, -0.1) is 10.2 Å². The van der Waals surface area contributed by atoms with E-state index < -0.39 is 0 Å².